The van der Waals surface area contributed by atoms with Gasteiger partial charge in [-0.05, 0) is 19.4 Å². The zero-order chi connectivity index (χ0) is 10.4. The van der Waals surface area contributed by atoms with Crippen LogP contribution in [0.15, 0.2) is 0 Å². The fourth-order valence-corrected chi connectivity index (χ4v) is 1.69. The van der Waals surface area contributed by atoms with Crippen LogP contribution in [0.5, 0.6) is 0 Å². The average molecular weight is 202 g/mol. The van der Waals surface area contributed by atoms with Crippen LogP contribution in [-0.2, 0) is 4.79 Å². The van der Waals surface area contributed by atoms with Gasteiger partial charge in [-0.3, -0.25) is 4.79 Å². The molecule has 0 bridgehead atoms. The molecule has 0 aromatic rings. The molecule has 0 aliphatic carbocycles. The van der Waals surface area contributed by atoms with Gasteiger partial charge in [0.15, 0.2) is 0 Å². The highest BCUT2D eigenvalue weighted by molar-refractivity contribution is 5.82. The molecule has 5 nitrogen and oxygen atoms in total. The minimum atomic E-state index is -0.118. The van der Waals surface area contributed by atoms with Crippen LogP contribution in [0.25, 0.3) is 0 Å². The molecule has 1 unspecified atom stereocenters. The summed E-state index contributed by atoms with van der Waals surface area (Å²) in [6.45, 7) is 1.37. The number of aliphatic hydroxyl groups excluding tert-OH is 2. The standard InChI is InChI=1S/C9H18N2O3/c12-6-4-11(5-7-13)9(14)8-2-1-3-10-8/h8,10,12-13H,1-7H2. The van der Waals surface area contributed by atoms with Crippen molar-refractivity contribution in [2.24, 2.45) is 0 Å². The molecule has 1 rings (SSSR count). The maximum absolute atomic E-state index is 11.8. The Morgan fingerprint density at radius 2 is 2.00 bits per heavy atom. The van der Waals surface area contributed by atoms with Crippen molar-refractivity contribution >= 4 is 5.91 Å². The van der Waals surface area contributed by atoms with E-state index in [-0.39, 0.29) is 25.2 Å². The summed E-state index contributed by atoms with van der Waals surface area (Å²) in [7, 11) is 0. The second-order valence-electron chi connectivity index (χ2n) is 3.42. The molecule has 14 heavy (non-hydrogen) atoms. The van der Waals surface area contributed by atoms with Crippen molar-refractivity contribution < 1.29 is 15.0 Å². The lowest BCUT2D eigenvalue weighted by molar-refractivity contribution is -0.134. The summed E-state index contributed by atoms with van der Waals surface area (Å²) in [5.74, 6) is -0.00870. The molecule has 3 N–H and O–H groups in total. The van der Waals surface area contributed by atoms with Crippen molar-refractivity contribution in [1.82, 2.24) is 10.2 Å². The first kappa shape index (κ1) is 11.4. The van der Waals surface area contributed by atoms with Crippen molar-refractivity contribution in [3.63, 3.8) is 0 Å². The first-order valence-electron chi connectivity index (χ1n) is 5.03. The number of nitrogens with one attached hydrogen (secondary N) is 1. The smallest absolute Gasteiger partial charge is 0.239 e. The third-order valence-electron chi connectivity index (χ3n) is 2.41. The third-order valence-corrected chi connectivity index (χ3v) is 2.41. The van der Waals surface area contributed by atoms with E-state index in [1.54, 1.807) is 0 Å². The molecule has 1 fully saturated rings. The first-order valence-corrected chi connectivity index (χ1v) is 5.03. The largest absolute Gasteiger partial charge is 0.395 e. The van der Waals surface area contributed by atoms with E-state index in [1.807, 2.05) is 0 Å². The lowest BCUT2D eigenvalue weighted by Gasteiger charge is -2.23. The van der Waals surface area contributed by atoms with Gasteiger partial charge in [-0.1, -0.05) is 0 Å². The lowest BCUT2D eigenvalue weighted by atomic mass is 10.2. The molecule has 0 aromatic carbocycles. The Balaban J connectivity index is 2.43. The van der Waals surface area contributed by atoms with Crippen molar-refractivity contribution in [3.05, 3.63) is 0 Å². The van der Waals surface area contributed by atoms with Crippen LogP contribution in [-0.4, -0.2) is 59.9 Å². The van der Waals surface area contributed by atoms with Crippen molar-refractivity contribution in [2.75, 3.05) is 32.8 Å². The van der Waals surface area contributed by atoms with Crippen LogP contribution in [0.3, 0.4) is 0 Å². The molecule has 1 aliphatic rings. The van der Waals surface area contributed by atoms with Gasteiger partial charge in [-0.15, -0.1) is 0 Å². The monoisotopic (exact) mass is 202 g/mol. The number of carbonyl (C=O) groups excluding carboxylic acids is 1. The molecule has 82 valence electrons. The Hall–Kier alpha value is -0.650. The van der Waals surface area contributed by atoms with Crippen LogP contribution in [0.1, 0.15) is 12.8 Å². The topological polar surface area (TPSA) is 72.8 Å². The Morgan fingerprint density at radius 1 is 1.36 bits per heavy atom. The van der Waals surface area contributed by atoms with E-state index in [9.17, 15) is 4.79 Å². The summed E-state index contributed by atoms with van der Waals surface area (Å²) in [4.78, 5) is 13.3. The molecular formula is C9H18N2O3. The quantitative estimate of drug-likeness (QED) is 0.510. The van der Waals surface area contributed by atoms with Gasteiger partial charge in [0, 0.05) is 13.1 Å². The number of nitrogens with zero attached hydrogens (tertiary/aromatic N) is 1. The number of hydrogen-bond acceptors (Lipinski definition) is 4. The van der Waals surface area contributed by atoms with Gasteiger partial charge in [0.2, 0.25) is 5.91 Å². The summed E-state index contributed by atoms with van der Waals surface area (Å²) in [6, 6.07) is -0.118. The third kappa shape index (κ3) is 2.94. The van der Waals surface area contributed by atoms with Crippen molar-refractivity contribution in [1.29, 1.82) is 0 Å². The summed E-state index contributed by atoms with van der Waals surface area (Å²) in [6.07, 6.45) is 1.87. The molecule has 0 spiro atoms. The van der Waals surface area contributed by atoms with E-state index in [1.165, 1.54) is 4.90 Å². The fraction of sp³-hybridized carbons (Fsp3) is 0.889. The second kappa shape index (κ2) is 5.95. The molecular weight excluding hydrogens is 184 g/mol. The molecule has 1 atom stereocenters. The highest BCUT2D eigenvalue weighted by Crippen LogP contribution is 2.08. The van der Waals surface area contributed by atoms with Crippen LogP contribution < -0.4 is 5.32 Å². The Kier molecular flexibility index (Phi) is 4.86. The number of hydrogen-bond donors (Lipinski definition) is 3. The molecule has 1 aliphatic heterocycles. The van der Waals surface area contributed by atoms with Gasteiger partial charge < -0.3 is 20.4 Å². The summed E-state index contributed by atoms with van der Waals surface area (Å²) < 4.78 is 0. The van der Waals surface area contributed by atoms with Gasteiger partial charge in [-0.25, -0.2) is 0 Å². The molecule has 0 aromatic heterocycles. The Bertz CT molecular complexity index is 175. The van der Waals surface area contributed by atoms with Crippen LogP contribution in [0.4, 0.5) is 0 Å². The van der Waals surface area contributed by atoms with Gasteiger partial charge in [0.1, 0.15) is 0 Å². The Morgan fingerprint density at radius 3 is 2.43 bits per heavy atom. The fourth-order valence-electron chi connectivity index (χ4n) is 1.69. The maximum atomic E-state index is 11.8. The number of amides is 1. The molecule has 0 saturated carbocycles. The predicted molar refractivity (Wildman–Crippen MR) is 51.8 cm³/mol. The molecule has 1 heterocycles. The molecule has 5 heteroatoms. The van der Waals surface area contributed by atoms with E-state index < -0.39 is 0 Å². The molecule has 0 radical (unpaired) electrons. The van der Waals surface area contributed by atoms with E-state index in [4.69, 9.17) is 10.2 Å². The molecule has 1 amide bonds. The number of aliphatic hydroxyl groups is 2. The maximum Gasteiger partial charge on any atom is 0.239 e. The SMILES string of the molecule is O=C(C1CCCN1)N(CCO)CCO. The van der Waals surface area contributed by atoms with E-state index >= 15 is 0 Å². The first-order chi connectivity index (χ1) is 6.79. The van der Waals surface area contributed by atoms with Crippen molar-refractivity contribution in [3.8, 4) is 0 Å². The van der Waals surface area contributed by atoms with E-state index in [0.717, 1.165) is 19.4 Å². The van der Waals surface area contributed by atoms with Crippen LogP contribution in [0, 0.1) is 0 Å². The second-order valence-corrected chi connectivity index (χ2v) is 3.42. The normalized spacial score (nSPS) is 21.1. The van der Waals surface area contributed by atoms with Gasteiger partial charge in [0.05, 0.1) is 19.3 Å². The average Bonchev–Trinajstić information content (AvgIpc) is 2.69. The van der Waals surface area contributed by atoms with Crippen LogP contribution >= 0.6 is 0 Å². The summed E-state index contributed by atoms with van der Waals surface area (Å²) >= 11 is 0. The predicted octanol–water partition coefficient (Wildman–Crippen LogP) is -1.45. The highest BCUT2D eigenvalue weighted by atomic mass is 16.3. The zero-order valence-electron chi connectivity index (χ0n) is 8.28. The summed E-state index contributed by atoms with van der Waals surface area (Å²) in [5.41, 5.74) is 0. The lowest BCUT2D eigenvalue weighted by Crippen LogP contribution is -2.45. The zero-order valence-corrected chi connectivity index (χ0v) is 8.28. The Labute approximate surface area is 83.7 Å². The molecule has 1 saturated heterocycles. The van der Waals surface area contributed by atoms with E-state index in [0.29, 0.717) is 13.1 Å². The summed E-state index contributed by atoms with van der Waals surface area (Å²) in [5, 5.41) is 20.6. The number of rotatable bonds is 5. The van der Waals surface area contributed by atoms with Gasteiger partial charge in [-0.2, -0.15) is 0 Å². The minimum absolute atomic E-state index is 0.00870. The van der Waals surface area contributed by atoms with Gasteiger partial charge in [0.25, 0.3) is 0 Å². The van der Waals surface area contributed by atoms with Gasteiger partial charge >= 0.3 is 0 Å². The minimum Gasteiger partial charge on any atom is -0.395 e. The number of carbonyl (C=O) groups is 1. The van der Waals surface area contributed by atoms with Crippen LogP contribution in [0.2, 0.25) is 0 Å². The highest BCUT2D eigenvalue weighted by Gasteiger charge is 2.25. The van der Waals surface area contributed by atoms with Crippen molar-refractivity contribution in [2.45, 2.75) is 18.9 Å². The van der Waals surface area contributed by atoms with E-state index in [2.05, 4.69) is 5.32 Å².